The number of alkyl halides is 2. The lowest BCUT2D eigenvalue weighted by molar-refractivity contribution is 0.0508. The molecule has 1 N–H and O–H groups in total. The van der Waals surface area contributed by atoms with Gasteiger partial charge in [0.05, 0.1) is 0 Å². The molecule has 2 heterocycles. The molecule has 1 aromatic heterocycles. The molecule has 0 spiro atoms. The van der Waals surface area contributed by atoms with Gasteiger partial charge in [0.15, 0.2) is 0 Å². The zero-order valence-corrected chi connectivity index (χ0v) is 10.9. The maximum absolute atomic E-state index is 12.6. The van der Waals surface area contributed by atoms with Gasteiger partial charge in [0.1, 0.15) is 5.69 Å². The van der Waals surface area contributed by atoms with Crippen molar-refractivity contribution in [3.8, 4) is 0 Å². The summed E-state index contributed by atoms with van der Waals surface area (Å²) in [6.07, 6.45) is 3.36. The molecule has 7 heteroatoms. The van der Waals surface area contributed by atoms with Crippen LogP contribution in [0.4, 0.5) is 8.78 Å². The molecule has 5 nitrogen and oxygen atoms in total. The fraction of sp³-hybridized carbons (Fsp3) is 0.667. The SMILES string of the molecule is CN1CCCC(CNC(=O)c2ccnn2C(F)F)C1. The van der Waals surface area contributed by atoms with Crippen molar-refractivity contribution in [2.45, 2.75) is 19.4 Å². The molecule has 1 aliphatic heterocycles. The molecular formula is C12H18F2N4O. The Bertz CT molecular complexity index is 435. The highest BCUT2D eigenvalue weighted by molar-refractivity contribution is 5.92. The minimum atomic E-state index is -2.79. The van der Waals surface area contributed by atoms with E-state index >= 15 is 0 Å². The van der Waals surface area contributed by atoms with E-state index in [-0.39, 0.29) is 5.69 Å². The summed E-state index contributed by atoms with van der Waals surface area (Å²) in [7, 11) is 2.04. The van der Waals surface area contributed by atoms with Gasteiger partial charge < -0.3 is 10.2 Å². The zero-order valence-electron chi connectivity index (χ0n) is 10.9. The number of halogens is 2. The van der Waals surface area contributed by atoms with Crippen LogP contribution in [0.25, 0.3) is 0 Å². The number of nitrogens with one attached hydrogen (secondary N) is 1. The summed E-state index contributed by atoms with van der Waals surface area (Å²) >= 11 is 0. The molecule has 0 aromatic carbocycles. The van der Waals surface area contributed by atoms with Crippen LogP contribution < -0.4 is 5.32 Å². The van der Waals surface area contributed by atoms with Crippen molar-refractivity contribution in [2.24, 2.45) is 5.92 Å². The third-order valence-electron chi connectivity index (χ3n) is 3.36. The number of likely N-dealkylation sites (tertiary alicyclic amines) is 1. The quantitative estimate of drug-likeness (QED) is 0.900. The van der Waals surface area contributed by atoms with Gasteiger partial charge in [-0.25, -0.2) is 0 Å². The molecule has 1 unspecified atom stereocenters. The first-order valence-corrected chi connectivity index (χ1v) is 6.36. The fourth-order valence-corrected chi connectivity index (χ4v) is 2.42. The molecular weight excluding hydrogens is 254 g/mol. The van der Waals surface area contributed by atoms with Gasteiger partial charge in [0.2, 0.25) is 0 Å². The third-order valence-corrected chi connectivity index (χ3v) is 3.36. The number of rotatable bonds is 4. The zero-order chi connectivity index (χ0) is 13.8. The highest BCUT2D eigenvalue weighted by Crippen LogP contribution is 2.15. The third kappa shape index (κ3) is 3.50. The van der Waals surface area contributed by atoms with Crippen molar-refractivity contribution >= 4 is 5.91 Å². The summed E-state index contributed by atoms with van der Waals surface area (Å²) in [6, 6.07) is 1.30. The van der Waals surface area contributed by atoms with E-state index in [0.717, 1.165) is 25.9 Å². The Balaban J connectivity index is 1.88. The highest BCUT2D eigenvalue weighted by atomic mass is 19.3. The van der Waals surface area contributed by atoms with Crippen LogP contribution in [0.15, 0.2) is 12.3 Å². The Morgan fingerprint density at radius 3 is 3.11 bits per heavy atom. The Labute approximate surface area is 110 Å². The molecule has 0 saturated carbocycles. The number of hydrogen-bond acceptors (Lipinski definition) is 3. The first-order chi connectivity index (χ1) is 9.08. The van der Waals surface area contributed by atoms with Gasteiger partial charge in [-0.15, -0.1) is 0 Å². The molecule has 0 bridgehead atoms. The van der Waals surface area contributed by atoms with Crippen LogP contribution in [0.1, 0.15) is 29.9 Å². The van der Waals surface area contributed by atoms with E-state index < -0.39 is 12.5 Å². The van der Waals surface area contributed by atoms with Crippen molar-refractivity contribution < 1.29 is 13.6 Å². The second-order valence-corrected chi connectivity index (χ2v) is 4.92. The number of carbonyl (C=O) groups excluding carboxylic acids is 1. The van der Waals surface area contributed by atoms with E-state index in [9.17, 15) is 13.6 Å². The molecule has 1 aromatic rings. The van der Waals surface area contributed by atoms with E-state index in [0.29, 0.717) is 17.1 Å². The van der Waals surface area contributed by atoms with Crippen LogP contribution in [0.5, 0.6) is 0 Å². The first kappa shape index (κ1) is 13.9. The second kappa shape index (κ2) is 6.10. The molecule has 1 amide bonds. The number of aromatic nitrogens is 2. The van der Waals surface area contributed by atoms with Crippen LogP contribution in [-0.2, 0) is 0 Å². The van der Waals surface area contributed by atoms with Crippen molar-refractivity contribution in [2.75, 3.05) is 26.7 Å². The lowest BCUT2D eigenvalue weighted by Gasteiger charge is -2.29. The van der Waals surface area contributed by atoms with Gasteiger partial charge in [-0.2, -0.15) is 18.6 Å². The van der Waals surface area contributed by atoms with Crippen LogP contribution in [0.2, 0.25) is 0 Å². The molecule has 19 heavy (non-hydrogen) atoms. The first-order valence-electron chi connectivity index (χ1n) is 6.36. The molecule has 1 atom stereocenters. The van der Waals surface area contributed by atoms with Crippen LogP contribution in [0.3, 0.4) is 0 Å². The summed E-state index contributed by atoms with van der Waals surface area (Å²) in [4.78, 5) is 14.0. The van der Waals surface area contributed by atoms with Gasteiger partial charge in [-0.05, 0) is 38.4 Å². The van der Waals surface area contributed by atoms with Crippen LogP contribution in [0, 0.1) is 5.92 Å². The number of nitrogens with zero attached hydrogens (tertiary/aromatic N) is 3. The molecule has 1 saturated heterocycles. The minimum Gasteiger partial charge on any atom is -0.350 e. The van der Waals surface area contributed by atoms with E-state index in [1.54, 1.807) is 0 Å². The van der Waals surface area contributed by atoms with E-state index in [1.807, 2.05) is 7.05 Å². The van der Waals surface area contributed by atoms with E-state index in [1.165, 1.54) is 12.3 Å². The van der Waals surface area contributed by atoms with E-state index in [4.69, 9.17) is 0 Å². The molecule has 0 radical (unpaired) electrons. The average molecular weight is 272 g/mol. The monoisotopic (exact) mass is 272 g/mol. The predicted molar refractivity (Wildman–Crippen MR) is 66.0 cm³/mol. The molecule has 1 aliphatic rings. The minimum absolute atomic E-state index is 0.0980. The average Bonchev–Trinajstić information content (AvgIpc) is 2.85. The van der Waals surface area contributed by atoms with Crippen LogP contribution >= 0.6 is 0 Å². The largest absolute Gasteiger partial charge is 0.350 e. The lowest BCUT2D eigenvalue weighted by atomic mass is 9.98. The van der Waals surface area contributed by atoms with Gasteiger partial charge in [-0.3, -0.25) is 4.79 Å². The Morgan fingerprint density at radius 2 is 2.42 bits per heavy atom. The lowest BCUT2D eigenvalue weighted by Crippen LogP contribution is -2.39. The summed E-state index contributed by atoms with van der Waals surface area (Å²) in [6.45, 7) is -0.286. The Kier molecular flexibility index (Phi) is 4.47. The number of carbonyl (C=O) groups is 1. The molecule has 2 rings (SSSR count). The number of amides is 1. The maximum atomic E-state index is 12.6. The maximum Gasteiger partial charge on any atom is 0.333 e. The fourth-order valence-electron chi connectivity index (χ4n) is 2.42. The van der Waals surface area contributed by atoms with Gasteiger partial charge in [0.25, 0.3) is 5.91 Å². The number of piperidine rings is 1. The molecule has 0 aliphatic carbocycles. The highest BCUT2D eigenvalue weighted by Gasteiger charge is 2.21. The Morgan fingerprint density at radius 1 is 1.63 bits per heavy atom. The van der Waals surface area contributed by atoms with E-state index in [2.05, 4.69) is 15.3 Å². The van der Waals surface area contributed by atoms with Crippen molar-refractivity contribution in [3.63, 3.8) is 0 Å². The summed E-state index contributed by atoms with van der Waals surface area (Å²) < 4.78 is 25.6. The summed E-state index contributed by atoms with van der Waals surface area (Å²) in [5.74, 6) is -0.114. The van der Waals surface area contributed by atoms with Gasteiger partial charge in [-0.1, -0.05) is 0 Å². The van der Waals surface area contributed by atoms with Gasteiger partial charge >= 0.3 is 6.55 Å². The molecule has 1 fully saturated rings. The Hall–Kier alpha value is -1.50. The number of hydrogen-bond donors (Lipinski definition) is 1. The smallest absolute Gasteiger partial charge is 0.333 e. The van der Waals surface area contributed by atoms with Crippen molar-refractivity contribution in [1.29, 1.82) is 0 Å². The predicted octanol–water partition coefficient (Wildman–Crippen LogP) is 1.35. The standard InChI is InChI=1S/C12H18F2N4O/c1-17-6-2-3-9(8-17)7-15-11(19)10-4-5-16-18(10)12(13)14/h4-5,9,12H,2-3,6-8H2,1H3,(H,15,19). The van der Waals surface area contributed by atoms with Crippen molar-refractivity contribution in [1.82, 2.24) is 20.0 Å². The summed E-state index contributed by atoms with van der Waals surface area (Å²) in [5, 5.41) is 6.15. The summed E-state index contributed by atoms with van der Waals surface area (Å²) in [5.41, 5.74) is -0.0980. The van der Waals surface area contributed by atoms with Gasteiger partial charge in [0, 0.05) is 19.3 Å². The molecule has 106 valence electrons. The van der Waals surface area contributed by atoms with Crippen LogP contribution in [-0.4, -0.2) is 47.3 Å². The topological polar surface area (TPSA) is 50.2 Å². The normalized spacial score (nSPS) is 20.7. The van der Waals surface area contributed by atoms with Crippen molar-refractivity contribution in [3.05, 3.63) is 18.0 Å². The second-order valence-electron chi connectivity index (χ2n) is 4.92.